The number of thiophene rings is 1. The van der Waals surface area contributed by atoms with Gasteiger partial charge < -0.3 is 9.47 Å². The van der Waals surface area contributed by atoms with E-state index in [9.17, 15) is 4.79 Å². The summed E-state index contributed by atoms with van der Waals surface area (Å²) in [7, 11) is 0. The Labute approximate surface area is 175 Å². The molecular formula is C22H16N2O3S2. The monoisotopic (exact) mass is 420 g/mol. The van der Waals surface area contributed by atoms with Gasteiger partial charge in [-0.25, -0.2) is 9.97 Å². The maximum atomic E-state index is 12.8. The predicted molar refractivity (Wildman–Crippen MR) is 115 cm³/mol. The molecule has 0 radical (unpaired) electrons. The number of rotatable bonds is 5. The smallest absolute Gasteiger partial charge is 0.231 e. The number of hydrogen-bond acceptors (Lipinski definition) is 7. The van der Waals surface area contributed by atoms with E-state index in [4.69, 9.17) is 9.47 Å². The lowest BCUT2D eigenvalue weighted by atomic mass is 10.0. The molecule has 4 aromatic rings. The summed E-state index contributed by atoms with van der Waals surface area (Å²) in [5.74, 6) is 1.60. The van der Waals surface area contributed by atoms with Crippen LogP contribution in [-0.4, -0.2) is 28.3 Å². The summed E-state index contributed by atoms with van der Waals surface area (Å²) < 4.78 is 10.7. The standard InChI is InChI=1S/C22H16N2O3S2/c1-13-19(14-5-3-2-4-6-14)20-21(23-11-24-22(20)29-13)28-10-16(25)15-7-8-17-18(9-15)27-12-26-17/h2-9,11H,10,12H2,1H3. The Balaban J connectivity index is 1.46. The highest BCUT2D eigenvalue weighted by atomic mass is 32.2. The Morgan fingerprint density at radius 3 is 2.79 bits per heavy atom. The lowest BCUT2D eigenvalue weighted by Gasteiger charge is -2.06. The largest absolute Gasteiger partial charge is 0.454 e. The van der Waals surface area contributed by atoms with Gasteiger partial charge in [-0.3, -0.25) is 4.79 Å². The summed E-state index contributed by atoms with van der Waals surface area (Å²) in [4.78, 5) is 23.8. The van der Waals surface area contributed by atoms with E-state index in [0.29, 0.717) is 17.1 Å². The zero-order valence-electron chi connectivity index (χ0n) is 15.5. The van der Waals surface area contributed by atoms with Gasteiger partial charge >= 0.3 is 0 Å². The maximum absolute atomic E-state index is 12.8. The number of ketones is 1. The molecule has 0 spiro atoms. The van der Waals surface area contributed by atoms with Crippen molar-refractivity contribution in [3.05, 3.63) is 65.3 Å². The number of benzene rings is 2. The molecule has 1 aliphatic heterocycles. The van der Waals surface area contributed by atoms with Gasteiger partial charge in [0.1, 0.15) is 16.2 Å². The van der Waals surface area contributed by atoms with Crippen molar-refractivity contribution < 1.29 is 14.3 Å². The molecule has 0 N–H and O–H groups in total. The Bertz CT molecular complexity index is 1220. The van der Waals surface area contributed by atoms with Crippen LogP contribution < -0.4 is 9.47 Å². The third kappa shape index (κ3) is 3.36. The molecule has 0 saturated heterocycles. The van der Waals surface area contributed by atoms with E-state index in [1.165, 1.54) is 16.6 Å². The lowest BCUT2D eigenvalue weighted by molar-refractivity contribution is 0.102. The lowest BCUT2D eigenvalue weighted by Crippen LogP contribution is -2.03. The van der Waals surface area contributed by atoms with Crippen molar-refractivity contribution in [3.63, 3.8) is 0 Å². The van der Waals surface area contributed by atoms with Crippen LogP contribution in [0.5, 0.6) is 11.5 Å². The molecule has 5 nitrogen and oxygen atoms in total. The minimum Gasteiger partial charge on any atom is -0.454 e. The van der Waals surface area contributed by atoms with Crippen molar-refractivity contribution in [1.29, 1.82) is 0 Å². The van der Waals surface area contributed by atoms with Crippen molar-refractivity contribution in [3.8, 4) is 22.6 Å². The summed E-state index contributed by atoms with van der Waals surface area (Å²) >= 11 is 3.09. The van der Waals surface area contributed by atoms with Gasteiger partial charge in [0.25, 0.3) is 0 Å². The van der Waals surface area contributed by atoms with Crippen LogP contribution in [0.25, 0.3) is 21.3 Å². The average molecular weight is 421 g/mol. The molecule has 0 saturated carbocycles. The summed E-state index contributed by atoms with van der Waals surface area (Å²) in [5.41, 5.74) is 2.89. The number of aryl methyl sites for hydroxylation is 1. The van der Waals surface area contributed by atoms with Gasteiger partial charge in [-0.2, -0.15) is 0 Å². The highest BCUT2D eigenvalue weighted by Gasteiger charge is 2.19. The Kier molecular flexibility index (Phi) is 4.69. The van der Waals surface area contributed by atoms with Crippen molar-refractivity contribution in [2.75, 3.05) is 12.5 Å². The van der Waals surface area contributed by atoms with Gasteiger partial charge in [0.15, 0.2) is 17.3 Å². The van der Waals surface area contributed by atoms with E-state index in [-0.39, 0.29) is 18.3 Å². The van der Waals surface area contributed by atoms with Crippen molar-refractivity contribution in [1.82, 2.24) is 9.97 Å². The van der Waals surface area contributed by atoms with Crippen molar-refractivity contribution in [2.24, 2.45) is 0 Å². The third-order valence-corrected chi connectivity index (χ3v) is 6.73. The van der Waals surface area contributed by atoms with E-state index in [1.807, 2.05) is 18.2 Å². The molecule has 0 aliphatic carbocycles. The molecule has 2 aromatic carbocycles. The van der Waals surface area contributed by atoms with Gasteiger partial charge in [-0.1, -0.05) is 42.1 Å². The molecule has 0 atom stereocenters. The van der Waals surface area contributed by atoms with Crippen LogP contribution in [0.1, 0.15) is 15.2 Å². The quantitative estimate of drug-likeness (QED) is 0.246. The maximum Gasteiger partial charge on any atom is 0.231 e. The van der Waals surface area contributed by atoms with Gasteiger partial charge in [-0.15, -0.1) is 11.3 Å². The molecule has 0 fully saturated rings. The van der Waals surface area contributed by atoms with Crippen LogP contribution in [0.15, 0.2) is 59.9 Å². The number of hydrogen-bond donors (Lipinski definition) is 0. The number of aromatic nitrogens is 2. The fourth-order valence-corrected chi connectivity index (χ4v) is 5.34. The van der Waals surface area contributed by atoms with E-state index >= 15 is 0 Å². The Morgan fingerprint density at radius 2 is 1.93 bits per heavy atom. The van der Waals surface area contributed by atoms with Crippen LogP contribution in [0.3, 0.4) is 0 Å². The highest BCUT2D eigenvalue weighted by Crippen LogP contribution is 2.41. The molecule has 1 aliphatic rings. The summed E-state index contributed by atoms with van der Waals surface area (Å²) in [6, 6.07) is 15.5. The molecule has 3 heterocycles. The SMILES string of the molecule is Cc1sc2ncnc(SCC(=O)c3ccc4c(c3)OCO4)c2c1-c1ccccc1. The first-order valence-corrected chi connectivity index (χ1v) is 10.9. The van der Waals surface area contributed by atoms with Crippen molar-refractivity contribution in [2.45, 2.75) is 11.9 Å². The van der Waals surface area contributed by atoms with Crippen molar-refractivity contribution >= 4 is 39.1 Å². The summed E-state index contributed by atoms with van der Waals surface area (Å²) in [6.07, 6.45) is 1.57. The van der Waals surface area contributed by atoms with E-state index in [0.717, 1.165) is 26.4 Å². The second-order valence-electron chi connectivity index (χ2n) is 6.54. The van der Waals surface area contributed by atoms with E-state index in [2.05, 4.69) is 29.0 Å². The number of thioether (sulfide) groups is 1. The first-order valence-electron chi connectivity index (χ1n) is 9.06. The molecule has 5 rings (SSSR count). The summed E-state index contributed by atoms with van der Waals surface area (Å²) in [5, 5.41) is 1.84. The van der Waals surface area contributed by atoms with Gasteiger partial charge in [-0.05, 0) is 30.7 Å². The number of carbonyl (C=O) groups is 1. The third-order valence-electron chi connectivity index (χ3n) is 4.73. The molecule has 144 valence electrons. The number of ether oxygens (including phenoxy) is 2. The first kappa shape index (κ1) is 18.1. The molecule has 29 heavy (non-hydrogen) atoms. The molecule has 0 bridgehead atoms. The molecule has 2 aromatic heterocycles. The number of fused-ring (bicyclic) bond motifs is 2. The molecule has 0 unspecified atom stereocenters. The Hall–Kier alpha value is -2.90. The van der Waals surface area contributed by atoms with E-state index < -0.39 is 0 Å². The second-order valence-corrected chi connectivity index (χ2v) is 8.71. The minimum atomic E-state index is 0.0216. The number of Topliss-reactive ketones (excluding diaryl/α,β-unsaturated/α-hetero) is 1. The van der Waals surface area contributed by atoms with Gasteiger partial charge in [0, 0.05) is 16.0 Å². The average Bonchev–Trinajstić information content (AvgIpc) is 3.35. The minimum absolute atomic E-state index is 0.0216. The Morgan fingerprint density at radius 1 is 1.10 bits per heavy atom. The van der Waals surface area contributed by atoms with Crippen LogP contribution >= 0.6 is 23.1 Å². The fourth-order valence-electron chi connectivity index (χ4n) is 3.37. The van der Waals surface area contributed by atoms with Crippen LogP contribution in [0.2, 0.25) is 0 Å². The number of nitrogens with zero attached hydrogens (tertiary/aromatic N) is 2. The van der Waals surface area contributed by atoms with Crippen LogP contribution in [-0.2, 0) is 0 Å². The van der Waals surface area contributed by atoms with Gasteiger partial charge in [0.05, 0.1) is 11.1 Å². The number of carbonyl (C=O) groups excluding carboxylic acids is 1. The second kappa shape index (κ2) is 7.50. The molecule has 0 amide bonds. The summed E-state index contributed by atoms with van der Waals surface area (Å²) in [6.45, 7) is 2.29. The van der Waals surface area contributed by atoms with Crippen LogP contribution in [0.4, 0.5) is 0 Å². The first-order chi connectivity index (χ1) is 14.2. The van der Waals surface area contributed by atoms with Crippen LogP contribution in [0, 0.1) is 6.92 Å². The zero-order chi connectivity index (χ0) is 19.8. The van der Waals surface area contributed by atoms with E-state index in [1.54, 1.807) is 35.9 Å². The highest BCUT2D eigenvalue weighted by molar-refractivity contribution is 8.00. The normalized spacial score (nSPS) is 12.4. The molecular weight excluding hydrogens is 404 g/mol. The topological polar surface area (TPSA) is 61.3 Å². The predicted octanol–water partition coefficient (Wildman–Crippen LogP) is 5.37. The molecule has 7 heteroatoms. The fraction of sp³-hybridized carbons (Fsp3) is 0.136. The zero-order valence-corrected chi connectivity index (χ0v) is 17.2. The van der Waals surface area contributed by atoms with Gasteiger partial charge in [0.2, 0.25) is 6.79 Å².